The second kappa shape index (κ2) is 6.29. The van der Waals surface area contributed by atoms with E-state index in [-0.39, 0.29) is 9.92 Å². The zero-order chi connectivity index (χ0) is 18.1. The molecule has 2 aromatic carbocycles. The highest BCUT2D eigenvalue weighted by atomic mass is 32.2. The van der Waals surface area contributed by atoms with Gasteiger partial charge in [0, 0.05) is 11.8 Å². The zero-order valence-corrected chi connectivity index (χ0v) is 13.5. The molecule has 1 heterocycles. The summed E-state index contributed by atoms with van der Waals surface area (Å²) >= 11 is 0. The highest BCUT2D eigenvalue weighted by Crippen LogP contribution is 2.34. The van der Waals surface area contributed by atoms with Gasteiger partial charge in [0.1, 0.15) is 0 Å². The van der Waals surface area contributed by atoms with Crippen molar-refractivity contribution in [1.82, 2.24) is 10.9 Å². The van der Waals surface area contributed by atoms with E-state index in [0.29, 0.717) is 11.1 Å². The molecule has 1 aliphatic heterocycles. The maximum atomic E-state index is 12.8. The van der Waals surface area contributed by atoms with Gasteiger partial charge in [-0.2, -0.15) is 13.2 Å². The summed E-state index contributed by atoms with van der Waals surface area (Å²) in [6.07, 6.45) is 0.0131. The predicted octanol–water partition coefficient (Wildman–Crippen LogP) is 3.61. The number of alkyl halides is 3. The van der Waals surface area contributed by atoms with Crippen LogP contribution in [0.3, 0.4) is 0 Å². The van der Waals surface area contributed by atoms with Crippen LogP contribution in [-0.2, 0) is 16.0 Å². The van der Waals surface area contributed by atoms with Crippen LogP contribution >= 0.6 is 0 Å². The van der Waals surface area contributed by atoms with Crippen molar-refractivity contribution in [3.05, 3.63) is 77.5 Å². The SMILES string of the molecule is O=S(=O)(C1=CC=CNN1)c1ccccc1-c1ccc(C(F)(F)F)cc1. The molecule has 0 bridgehead atoms. The number of halogens is 3. The van der Waals surface area contributed by atoms with Crippen LogP contribution in [0.5, 0.6) is 0 Å². The highest BCUT2D eigenvalue weighted by molar-refractivity contribution is 7.95. The first-order valence-corrected chi connectivity index (χ1v) is 8.68. The Bertz CT molecular complexity index is 947. The number of hydrogen-bond donors (Lipinski definition) is 2. The topological polar surface area (TPSA) is 58.2 Å². The quantitative estimate of drug-likeness (QED) is 0.871. The lowest BCUT2D eigenvalue weighted by Gasteiger charge is -2.16. The molecule has 0 spiro atoms. The first kappa shape index (κ1) is 17.1. The van der Waals surface area contributed by atoms with Crippen LogP contribution in [0.25, 0.3) is 11.1 Å². The third-order valence-corrected chi connectivity index (χ3v) is 5.36. The van der Waals surface area contributed by atoms with Gasteiger partial charge in [0.15, 0.2) is 5.03 Å². The Labute approximate surface area is 142 Å². The second-order valence-electron chi connectivity index (χ2n) is 5.23. The van der Waals surface area contributed by atoms with Gasteiger partial charge in [0.2, 0.25) is 9.84 Å². The molecule has 0 saturated carbocycles. The zero-order valence-electron chi connectivity index (χ0n) is 12.7. The van der Waals surface area contributed by atoms with Crippen molar-refractivity contribution in [2.45, 2.75) is 11.1 Å². The van der Waals surface area contributed by atoms with E-state index >= 15 is 0 Å². The van der Waals surface area contributed by atoms with Crippen molar-refractivity contribution in [2.24, 2.45) is 0 Å². The number of allylic oxidation sites excluding steroid dienone is 2. The molecule has 8 heteroatoms. The van der Waals surface area contributed by atoms with Crippen LogP contribution in [0.15, 0.2) is 76.8 Å². The van der Waals surface area contributed by atoms with E-state index in [9.17, 15) is 21.6 Å². The molecule has 0 aliphatic carbocycles. The number of hydrazine groups is 1. The Balaban J connectivity index is 2.08. The largest absolute Gasteiger partial charge is 0.416 e. The molecule has 3 rings (SSSR count). The summed E-state index contributed by atoms with van der Waals surface area (Å²) in [4.78, 5) is 0.00519. The van der Waals surface area contributed by atoms with Crippen LogP contribution in [0.2, 0.25) is 0 Å². The van der Waals surface area contributed by atoms with E-state index in [0.717, 1.165) is 12.1 Å². The van der Waals surface area contributed by atoms with E-state index in [1.165, 1.54) is 36.6 Å². The highest BCUT2D eigenvalue weighted by Gasteiger charge is 2.30. The van der Waals surface area contributed by atoms with Crippen LogP contribution < -0.4 is 10.9 Å². The summed E-state index contributed by atoms with van der Waals surface area (Å²) in [5.41, 5.74) is 5.06. The number of rotatable bonds is 3. The molecule has 0 unspecified atom stereocenters. The number of hydrogen-bond acceptors (Lipinski definition) is 4. The Morgan fingerprint density at radius 3 is 2.20 bits per heavy atom. The minimum atomic E-state index is -4.45. The van der Waals surface area contributed by atoms with E-state index in [1.54, 1.807) is 18.2 Å². The Kier molecular flexibility index (Phi) is 4.30. The summed E-state index contributed by atoms with van der Waals surface area (Å²) < 4.78 is 63.8. The van der Waals surface area contributed by atoms with Gasteiger partial charge >= 0.3 is 6.18 Å². The van der Waals surface area contributed by atoms with Gasteiger partial charge < -0.3 is 5.43 Å². The van der Waals surface area contributed by atoms with Gasteiger partial charge in [-0.1, -0.05) is 30.3 Å². The number of sulfone groups is 1. The second-order valence-corrected chi connectivity index (χ2v) is 7.12. The maximum absolute atomic E-state index is 12.8. The molecule has 0 atom stereocenters. The van der Waals surface area contributed by atoms with Crippen LogP contribution in [0, 0.1) is 0 Å². The lowest BCUT2D eigenvalue weighted by Crippen LogP contribution is -2.32. The maximum Gasteiger partial charge on any atom is 0.416 e. The van der Waals surface area contributed by atoms with Gasteiger partial charge in [-0.3, -0.25) is 5.43 Å². The third-order valence-electron chi connectivity index (χ3n) is 3.61. The van der Waals surface area contributed by atoms with Crippen LogP contribution in [0.4, 0.5) is 13.2 Å². The molecule has 2 N–H and O–H groups in total. The summed E-state index contributed by atoms with van der Waals surface area (Å²) in [6, 6.07) is 10.6. The predicted molar refractivity (Wildman–Crippen MR) is 87.6 cm³/mol. The molecule has 0 aromatic heterocycles. The molecule has 0 fully saturated rings. The molecule has 0 amide bonds. The monoisotopic (exact) mass is 366 g/mol. The number of nitrogens with one attached hydrogen (secondary N) is 2. The average Bonchev–Trinajstić information content (AvgIpc) is 2.62. The molecular weight excluding hydrogens is 353 g/mol. The Hall–Kier alpha value is -2.74. The van der Waals surface area contributed by atoms with Gasteiger partial charge in [-0.05, 0) is 35.9 Å². The fourth-order valence-electron chi connectivity index (χ4n) is 2.39. The molecule has 25 heavy (non-hydrogen) atoms. The standard InChI is InChI=1S/C17H13F3N2O2S/c18-17(19,20)13-9-7-12(8-10-13)14-4-1-2-5-15(14)25(23,24)16-6-3-11-21-22-16/h1-11,21-22H. The van der Waals surface area contributed by atoms with Gasteiger partial charge in [-0.25, -0.2) is 8.42 Å². The van der Waals surface area contributed by atoms with E-state index < -0.39 is 21.6 Å². The first-order chi connectivity index (χ1) is 11.8. The fourth-order valence-corrected chi connectivity index (χ4v) is 3.81. The Morgan fingerprint density at radius 1 is 0.920 bits per heavy atom. The molecule has 2 aromatic rings. The molecule has 0 saturated heterocycles. The summed E-state index contributed by atoms with van der Waals surface area (Å²) in [5.74, 6) is 0. The molecule has 0 radical (unpaired) electrons. The van der Waals surface area contributed by atoms with Crippen molar-refractivity contribution < 1.29 is 21.6 Å². The average molecular weight is 366 g/mol. The van der Waals surface area contributed by atoms with E-state index in [1.807, 2.05) is 0 Å². The summed E-state index contributed by atoms with van der Waals surface area (Å²) in [7, 11) is -3.87. The summed E-state index contributed by atoms with van der Waals surface area (Å²) in [5, 5.41) is -0.0469. The van der Waals surface area contributed by atoms with Crippen molar-refractivity contribution in [1.29, 1.82) is 0 Å². The minimum absolute atomic E-state index is 0.00519. The van der Waals surface area contributed by atoms with Crippen LogP contribution in [0.1, 0.15) is 5.56 Å². The number of benzene rings is 2. The molecule has 1 aliphatic rings. The normalized spacial score (nSPS) is 14.4. The van der Waals surface area contributed by atoms with E-state index in [2.05, 4.69) is 10.9 Å². The fraction of sp³-hybridized carbons (Fsp3) is 0.0588. The van der Waals surface area contributed by atoms with Gasteiger partial charge in [0.05, 0.1) is 10.5 Å². The van der Waals surface area contributed by atoms with Crippen LogP contribution in [-0.4, -0.2) is 8.42 Å². The molecular formula is C17H13F3N2O2S. The molecule has 4 nitrogen and oxygen atoms in total. The minimum Gasteiger partial charge on any atom is -0.308 e. The van der Waals surface area contributed by atoms with E-state index in [4.69, 9.17) is 0 Å². The van der Waals surface area contributed by atoms with Crippen molar-refractivity contribution >= 4 is 9.84 Å². The lowest BCUT2D eigenvalue weighted by molar-refractivity contribution is -0.137. The summed E-state index contributed by atoms with van der Waals surface area (Å²) in [6.45, 7) is 0. The van der Waals surface area contributed by atoms with Crippen molar-refractivity contribution in [2.75, 3.05) is 0 Å². The smallest absolute Gasteiger partial charge is 0.308 e. The first-order valence-electron chi connectivity index (χ1n) is 7.20. The van der Waals surface area contributed by atoms with Crippen molar-refractivity contribution in [3.8, 4) is 11.1 Å². The van der Waals surface area contributed by atoms with Gasteiger partial charge in [0.25, 0.3) is 0 Å². The lowest BCUT2D eigenvalue weighted by atomic mass is 10.0. The Morgan fingerprint density at radius 2 is 1.60 bits per heavy atom. The van der Waals surface area contributed by atoms with Gasteiger partial charge in [-0.15, -0.1) is 0 Å². The third kappa shape index (κ3) is 3.39. The van der Waals surface area contributed by atoms with Crippen molar-refractivity contribution in [3.63, 3.8) is 0 Å². The molecule has 130 valence electrons.